The van der Waals surface area contributed by atoms with Gasteiger partial charge in [-0.05, 0) is 71.7 Å². The summed E-state index contributed by atoms with van der Waals surface area (Å²) in [6.45, 7) is 6.85. The third-order valence-corrected chi connectivity index (χ3v) is 7.79. The van der Waals surface area contributed by atoms with Gasteiger partial charge in [0.2, 0.25) is 5.91 Å². The van der Waals surface area contributed by atoms with Crippen molar-refractivity contribution >= 4 is 27.3 Å². The van der Waals surface area contributed by atoms with Gasteiger partial charge < -0.3 is 5.11 Å². The molecule has 2 heterocycles. The number of amides is 1. The number of carbonyl (C=O) groups excluding carboxylic acids is 1. The van der Waals surface area contributed by atoms with Crippen LogP contribution in [-0.2, 0) is 26.8 Å². The number of nitrogens with zero attached hydrogens (tertiary/aromatic N) is 1. The van der Waals surface area contributed by atoms with E-state index in [1.54, 1.807) is 38.4 Å². The largest absolute Gasteiger partial charge is 0.386 e. The summed E-state index contributed by atoms with van der Waals surface area (Å²) in [6.07, 6.45) is 2.91. The van der Waals surface area contributed by atoms with Gasteiger partial charge in [0.25, 0.3) is 10.0 Å². The first-order valence-corrected chi connectivity index (χ1v) is 12.3. The maximum atomic E-state index is 14.3. The van der Waals surface area contributed by atoms with Crippen molar-refractivity contribution in [3.05, 3.63) is 70.6 Å². The normalized spacial score (nSPS) is 12.2. The molecule has 0 spiro atoms. The summed E-state index contributed by atoms with van der Waals surface area (Å²) < 4.78 is 41.8. The Morgan fingerprint density at radius 3 is 2.56 bits per heavy atom. The van der Waals surface area contributed by atoms with Crippen molar-refractivity contribution in [3.8, 4) is 11.1 Å². The monoisotopic (exact) mass is 476 g/mol. The first kappa shape index (κ1) is 24.0. The number of carbonyl (C=O) groups is 1. The zero-order valence-electron chi connectivity index (χ0n) is 18.2. The summed E-state index contributed by atoms with van der Waals surface area (Å²) in [5.74, 6) is -1.27. The first-order valence-electron chi connectivity index (χ1n) is 9.98. The third-order valence-electron chi connectivity index (χ3n) is 4.98. The van der Waals surface area contributed by atoms with Gasteiger partial charge in [-0.25, -0.2) is 17.5 Å². The number of sulfonamides is 1. The molecule has 0 fully saturated rings. The van der Waals surface area contributed by atoms with Crippen molar-refractivity contribution in [3.63, 3.8) is 0 Å². The van der Waals surface area contributed by atoms with E-state index in [4.69, 9.17) is 0 Å². The van der Waals surface area contributed by atoms with Gasteiger partial charge in [0.15, 0.2) is 0 Å². The maximum absolute atomic E-state index is 14.3. The summed E-state index contributed by atoms with van der Waals surface area (Å²) in [7, 11) is -4.12. The Kier molecular flexibility index (Phi) is 6.83. The SMILES string of the molecule is CC(C)c1cc(F)cc(-c2cccnc2)c1CC(=O)NS(=O)(=O)c1cc(C(C)(C)O)cs1. The minimum atomic E-state index is -4.12. The fraction of sp³-hybridized carbons (Fsp3) is 0.304. The molecule has 9 heteroatoms. The Morgan fingerprint density at radius 1 is 1.28 bits per heavy atom. The number of thiophene rings is 1. The Labute approximate surface area is 191 Å². The van der Waals surface area contributed by atoms with Gasteiger partial charge in [0.05, 0.1) is 12.0 Å². The quantitative estimate of drug-likeness (QED) is 0.529. The Balaban J connectivity index is 1.94. The topological polar surface area (TPSA) is 96.4 Å². The van der Waals surface area contributed by atoms with E-state index in [1.165, 1.54) is 23.6 Å². The Hall–Kier alpha value is -2.62. The Morgan fingerprint density at radius 2 is 2.00 bits per heavy atom. The Bertz CT molecular complexity index is 1230. The van der Waals surface area contributed by atoms with Crippen molar-refractivity contribution in [1.82, 2.24) is 9.71 Å². The van der Waals surface area contributed by atoms with Gasteiger partial charge in [-0.3, -0.25) is 9.78 Å². The maximum Gasteiger partial charge on any atom is 0.273 e. The van der Waals surface area contributed by atoms with Crippen LogP contribution in [0.25, 0.3) is 11.1 Å². The lowest BCUT2D eigenvalue weighted by Gasteiger charge is -2.18. The molecule has 0 aliphatic rings. The fourth-order valence-electron chi connectivity index (χ4n) is 3.33. The van der Waals surface area contributed by atoms with E-state index in [2.05, 4.69) is 9.71 Å². The van der Waals surface area contributed by atoms with E-state index in [0.717, 1.165) is 11.3 Å². The molecule has 0 aliphatic carbocycles. The minimum Gasteiger partial charge on any atom is -0.386 e. The molecule has 0 saturated carbocycles. The van der Waals surface area contributed by atoms with Crippen molar-refractivity contribution < 1.29 is 22.7 Å². The van der Waals surface area contributed by atoms with Crippen LogP contribution < -0.4 is 4.72 Å². The van der Waals surface area contributed by atoms with Gasteiger partial charge in [0.1, 0.15) is 10.0 Å². The average molecular weight is 477 g/mol. The molecule has 2 N–H and O–H groups in total. The lowest BCUT2D eigenvalue weighted by Crippen LogP contribution is -2.32. The number of aliphatic hydroxyl groups is 1. The summed E-state index contributed by atoms with van der Waals surface area (Å²) in [5, 5.41) is 11.6. The molecule has 2 aromatic heterocycles. The second kappa shape index (κ2) is 9.09. The molecule has 0 unspecified atom stereocenters. The van der Waals surface area contributed by atoms with Gasteiger partial charge >= 0.3 is 0 Å². The van der Waals surface area contributed by atoms with Crippen LogP contribution in [-0.4, -0.2) is 24.4 Å². The van der Waals surface area contributed by atoms with E-state index in [9.17, 15) is 22.7 Å². The summed E-state index contributed by atoms with van der Waals surface area (Å²) >= 11 is 0.921. The third kappa shape index (κ3) is 5.40. The van der Waals surface area contributed by atoms with Crippen molar-refractivity contribution in [2.75, 3.05) is 0 Å². The zero-order valence-corrected chi connectivity index (χ0v) is 19.8. The number of benzene rings is 1. The predicted octanol–water partition coefficient (Wildman–Crippen LogP) is 4.35. The lowest BCUT2D eigenvalue weighted by molar-refractivity contribution is -0.118. The molecule has 6 nitrogen and oxygen atoms in total. The first-order chi connectivity index (χ1) is 14.9. The number of nitrogens with one attached hydrogen (secondary N) is 1. The molecule has 3 rings (SSSR count). The molecule has 1 aromatic carbocycles. The molecular weight excluding hydrogens is 451 g/mol. The highest BCUT2D eigenvalue weighted by Crippen LogP contribution is 2.32. The highest BCUT2D eigenvalue weighted by Gasteiger charge is 2.26. The van der Waals surface area contributed by atoms with Crippen LogP contribution in [0.1, 0.15) is 50.3 Å². The highest BCUT2D eigenvalue weighted by molar-refractivity contribution is 7.92. The molecule has 1 amide bonds. The zero-order chi connectivity index (χ0) is 23.7. The lowest BCUT2D eigenvalue weighted by atomic mass is 9.88. The number of hydrogen-bond donors (Lipinski definition) is 2. The van der Waals surface area contributed by atoms with E-state index in [1.807, 2.05) is 13.8 Å². The minimum absolute atomic E-state index is 0.0707. The van der Waals surface area contributed by atoms with E-state index >= 15 is 0 Å². The highest BCUT2D eigenvalue weighted by atomic mass is 32.2. The number of aromatic nitrogens is 1. The second-order valence-electron chi connectivity index (χ2n) is 8.34. The van der Waals surface area contributed by atoms with Crippen molar-refractivity contribution in [2.45, 2.75) is 49.8 Å². The number of halogens is 1. The van der Waals surface area contributed by atoms with Gasteiger partial charge in [-0.1, -0.05) is 19.9 Å². The smallest absolute Gasteiger partial charge is 0.273 e. The molecular formula is C23H25FN2O4S2. The number of rotatable bonds is 7. The van der Waals surface area contributed by atoms with E-state index in [0.29, 0.717) is 27.8 Å². The standard InChI is InChI=1S/C23H25FN2O4S2/c1-14(2)18-9-17(24)10-19(15-6-5-7-25-12-15)20(18)11-21(27)26-32(29,30)22-8-16(13-31-22)23(3,4)28/h5-10,12-14,28H,11H2,1-4H3,(H,26,27). The van der Waals surface area contributed by atoms with Crippen LogP contribution >= 0.6 is 11.3 Å². The fourth-order valence-corrected chi connectivity index (χ4v) is 5.65. The van der Waals surface area contributed by atoms with E-state index < -0.39 is 27.3 Å². The van der Waals surface area contributed by atoms with Crippen LogP contribution in [0.5, 0.6) is 0 Å². The van der Waals surface area contributed by atoms with Crippen LogP contribution in [0, 0.1) is 5.82 Å². The summed E-state index contributed by atoms with van der Waals surface area (Å²) in [5.41, 5.74) is 1.53. The average Bonchev–Trinajstić information content (AvgIpc) is 3.21. The molecule has 0 bridgehead atoms. The summed E-state index contributed by atoms with van der Waals surface area (Å²) in [4.78, 5) is 16.9. The molecule has 0 aliphatic heterocycles. The van der Waals surface area contributed by atoms with Crippen LogP contribution in [0.4, 0.5) is 4.39 Å². The van der Waals surface area contributed by atoms with Crippen LogP contribution in [0.2, 0.25) is 0 Å². The van der Waals surface area contributed by atoms with Crippen LogP contribution in [0.3, 0.4) is 0 Å². The molecule has 170 valence electrons. The van der Waals surface area contributed by atoms with Gasteiger partial charge in [-0.2, -0.15) is 0 Å². The summed E-state index contributed by atoms with van der Waals surface area (Å²) in [6, 6.07) is 7.51. The molecule has 3 aromatic rings. The molecule has 0 radical (unpaired) electrons. The number of hydrogen-bond acceptors (Lipinski definition) is 6. The van der Waals surface area contributed by atoms with E-state index in [-0.39, 0.29) is 16.5 Å². The van der Waals surface area contributed by atoms with Gasteiger partial charge in [-0.15, -0.1) is 11.3 Å². The van der Waals surface area contributed by atoms with Gasteiger partial charge in [0, 0.05) is 18.0 Å². The second-order valence-corrected chi connectivity index (χ2v) is 11.2. The molecule has 32 heavy (non-hydrogen) atoms. The van der Waals surface area contributed by atoms with Crippen molar-refractivity contribution in [1.29, 1.82) is 0 Å². The number of pyridine rings is 1. The molecule has 0 atom stereocenters. The van der Waals surface area contributed by atoms with Crippen molar-refractivity contribution in [2.24, 2.45) is 0 Å². The molecule has 0 saturated heterocycles. The predicted molar refractivity (Wildman–Crippen MR) is 122 cm³/mol. The van der Waals surface area contributed by atoms with Crippen LogP contribution in [0.15, 0.2) is 52.3 Å².